The quantitative estimate of drug-likeness (QED) is 0.241. The van der Waals surface area contributed by atoms with E-state index < -0.39 is 0 Å². The summed E-state index contributed by atoms with van der Waals surface area (Å²) >= 11 is 6.27. The zero-order valence-corrected chi connectivity index (χ0v) is 22.1. The van der Waals surface area contributed by atoms with Crippen molar-refractivity contribution in [3.05, 3.63) is 137 Å². The summed E-state index contributed by atoms with van der Waals surface area (Å²) in [4.78, 5) is 18.9. The van der Waals surface area contributed by atoms with Crippen LogP contribution in [0.2, 0.25) is 5.02 Å². The summed E-state index contributed by atoms with van der Waals surface area (Å²) in [5, 5.41) is 9.61. The Morgan fingerprint density at radius 3 is 2.08 bits per heavy atom. The minimum absolute atomic E-state index is 0.192. The number of hydrogen-bond donors (Lipinski definition) is 1. The van der Waals surface area contributed by atoms with Crippen LogP contribution in [0.5, 0.6) is 0 Å². The van der Waals surface area contributed by atoms with Crippen molar-refractivity contribution in [1.29, 1.82) is 0 Å². The van der Waals surface area contributed by atoms with E-state index in [2.05, 4.69) is 5.32 Å². The highest BCUT2D eigenvalue weighted by atomic mass is 35.5. The number of benzene rings is 4. The molecule has 0 bridgehead atoms. The van der Waals surface area contributed by atoms with Crippen LogP contribution >= 0.6 is 11.6 Å². The van der Waals surface area contributed by atoms with Crippen LogP contribution in [0.1, 0.15) is 21.6 Å². The van der Waals surface area contributed by atoms with Gasteiger partial charge in [-0.2, -0.15) is 5.10 Å². The van der Waals surface area contributed by atoms with E-state index in [-0.39, 0.29) is 5.91 Å². The van der Waals surface area contributed by atoms with Gasteiger partial charge in [0.1, 0.15) is 5.69 Å². The third-order valence-corrected chi connectivity index (χ3v) is 6.95. The number of pyridine rings is 1. The van der Waals surface area contributed by atoms with Crippen molar-refractivity contribution < 1.29 is 4.79 Å². The maximum atomic E-state index is 13.9. The largest absolute Gasteiger partial charge is 0.348 e. The van der Waals surface area contributed by atoms with Gasteiger partial charge in [0.2, 0.25) is 0 Å². The molecule has 0 fully saturated rings. The van der Waals surface area contributed by atoms with E-state index in [9.17, 15) is 4.79 Å². The van der Waals surface area contributed by atoms with Crippen molar-refractivity contribution in [3.63, 3.8) is 0 Å². The number of carbonyl (C=O) groups is 1. The van der Waals surface area contributed by atoms with Crippen molar-refractivity contribution in [1.82, 2.24) is 20.1 Å². The Bertz CT molecular complexity index is 1760. The summed E-state index contributed by atoms with van der Waals surface area (Å²) in [6.45, 7) is 2.28. The molecular formula is C33H25ClN4O. The van der Waals surface area contributed by atoms with Crippen molar-refractivity contribution in [2.24, 2.45) is 0 Å². The first-order chi connectivity index (χ1) is 19.1. The molecule has 4 aromatic carbocycles. The lowest BCUT2D eigenvalue weighted by molar-refractivity contribution is 0.0950. The SMILES string of the molecule is Cc1nc2c(c(-c3ccccc3)nn2-c2ccccc2)c(-c2ccc(Cl)cc2)c1C(=O)NCc1ccccc1. The Hall–Kier alpha value is -4.74. The zero-order chi connectivity index (χ0) is 26.8. The standard InChI is InChI=1S/C33H25ClN4O/c1-22-28(33(39)35-21-23-11-5-2-6-12-23)29(24-17-19-26(34)20-18-24)30-31(25-13-7-3-8-14-25)37-38(32(30)36-22)27-15-9-4-10-16-27/h2-20H,21H2,1H3,(H,35,39). The number of rotatable bonds is 6. The number of amides is 1. The molecule has 6 heteroatoms. The van der Waals surface area contributed by atoms with Gasteiger partial charge < -0.3 is 5.32 Å². The summed E-state index contributed by atoms with van der Waals surface area (Å²) in [6.07, 6.45) is 0. The topological polar surface area (TPSA) is 59.8 Å². The summed E-state index contributed by atoms with van der Waals surface area (Å²) in [6, 6.07) is 37.4. The van der Waals surface area contributed by atoms with Gasteiger partial charge >= 0.3 is 0 Å². The molecule has 0 saturated heterocycles. The van der Waals surface area contributed by atoms with Crippen LogP contribution in [-0.2, 0) is 6.54 Å². The molecule has 39 heavy (non-hydrogen) atoms. The number of halogens is 1. The van der Waals surface area contributed by atoms with Crippen LogP contribution in [0.4, 0.5) is 0 Å². The highest BCUT2D eigenvalue weighted by Crippen LogP contribution is 2.40. The molecule has 0 atom stereocenters. The summed E-state index contributed by atoms with van der Waals surface area (Å²) in [7, 11) is 0. The lowest BCUT2D eigenvalue weighted by atomic mass is 9.93. The highest BCUT2D eigenvalue weighted by molar-refractivity contribution is 6.30. The number of hydrogen-bond acceptors (Lipinski definition) is 3. The van der Waals surface area contributed by atoms with E-state index in [1.165, 1.54) is 0 Å². The number of fused-ring (bicyclic) bond motifs is 1. The summed E-state index contributed by atoms with van der Waals surface area (Å²) in [5.41, 5.74) is 7.07. The lowest BCUT2D eigenvalue weighted by Crippen LogP contribution is -2.25. The first-order valence-electron chi connectivity index (χ1n) is 12.7. The van der Waals surface area contributed by atoms with Gasteiger partial charge in [0, 0.05) is 22.7 Å². The molecule has 0 aliphatic rings. The fraction of sp³-hybridized carbons (Fsp3) is 0.0606. The van der Waals surface area contributed by atoms with E-state index in [1.807, 2.05) is 127 Å². The average molecular weight is 529 g/mol. The predicted octanol–water partition coefficient (Wildman–Crippen LogP) is 7.65. The maximum absolute atomic E-state index is 13.9. The van der Waals surface area contributed by atoms with E-state index >= 15 is 0 Å². The van der Waals surface area contributed by atoms with Gasteiger partial charge in [0.05, 0.1) is 22.3 Å². The number of nitrogens with zero attached hydrogens (tertiary/aromatic N) is 3. The fourth-order valence-electron chi connectivity index (χ4n) is 4.86. The van der Waals surface area contributed by atoms with Crippen LogP contribution in [0.3, 0.4) is 0 Å². The molecule has 0 spiro atoms. The number of para-hydroxylation sites is 1. The van der Waals surface area contributed by atoms with Gasteiger partial charge in [0.15, 0.2) is 5.65 Å². The normalized spacial score (nSPS) is 11.0. The first-order valence-corrected chi connectivity index (χ1v) is 13.1. The molecule has 0 unspecified atom stereocenters. The molecular weight excluding hydrogens is 504 g/mol. The Balaban J connectivity index is 1.64. The molecule has 190 valence electrons. The maximum Gasteiger partial charge on any atom is 0.254 e. The number of carbonyl (C=O) groups excluding carboxylic acids is 1. The monoisotopic (exact) mass is 528 g/mol. The van der Waals surface area contributed by atoms with E-state index in [0.717, 1.165) is 39.0 Å². The second kappa shape index (κ2) is 10.6. The predicted molar refractivity (Wildman–Crippen MR) is 157 cm³/mol. The highest BCUT2D eigenvalue weighted by Gasteiger charge is 2.26. The van der Waals surface area contributed by atoms with E-state index in [4.69, 9.17) is 21.7 Å². The Kier molecular flexibility index (Phi) is 6.66. The zero-order valence-electron chi connectivity index (χ0n) is 21.3. The van der Waals surface area contributed by atoms with Gasteiger partial charge in [-0.15, -0.1) is 0 Å². The number of aromatic nitrogens is 3. The van der Waals surface area contributed by atoms with Gasteiger partial charge in [-0.3, -0.25) is 4.79 Å². The molecule has 6 aromatic rings. The van der Waals surface area contributed by atoms with Crippen molar-refractivity contribution in [2.75, 3.05) is 0 Å². The summed E-state index contributed by atoms with van der Waals surface area (Å²) < 4.78 is 1.86. The lowest BCUT2D eigenvalue weighted by Gasteiger charge is -2.16. The number of aryl methyl sites for hydroxylation is 1. The third-order valence-electron chi connectivity index (χ3n) is 6.70. The summed E-state index contributed by atoms with van der Waals surface area (Å²) in [5.74, 6) is -0.192. The molecule has 2 heterocycles. The molecule has 5 nitrogen and oxygen atoms in total. The molecule has 6 rings (SSSR count). The second-order valence-electron chi connectivity index (χ2n) is 9.28. The van der Waals surface area contributed by atoms with Crippen LogP contribution in [0, 0.1) is 6.92 Å². The van der Waals surface area contributed by atoms with Crippen LogP contribution < -0.4 is 5.32 Å². The van der Waals surface area contributed by atoms with Gasteiger partial charge in [-0.1, -0.05) is 103 Å². The minimum Gasteiger partial charge on any atom is -0.348 e. The van der Waals surface area contributed by atoms with Crippen LogP contribution in [0.25, 0.3) is 39.1 Å². The van der Waals surface area contributed by atoms with Gasteiger partial charge in [0.25, 0.3) is 5.91 Å². The Morgan fingerprint density at radius 1 is 0.795 bits per heavy atom. The van der Waals surface area contributed by atoms with E-state index in [0.29, 0.717) is 28.5 Å². The molecule has 0 aliphatic heterocycles. The first kappa shape index (κ1) is 24.6. The number of nitrogens with one attached hydrogen (secondary N) is 1. The molecule has 0 aliphatic carbocycles. The average Bonchev–Trinajstić information content (AvgIpc) is 3.36. The van der Waals surface area contributed by atoms with Crippen molar-refractivity contribution >= 4 is 28.5 Å². The van der Waals surface area contributed by atoms with Crippen molar-refractivity contribution in [3.8, 4) is 28.1 Å². The van der Waals surface area contributed by atoms with Crippen LogP contribution in [0.15, 0.2) is 115 Å². The van der Waals surface area contributed by atoms with Crippen LogP contribution in [-0.4, -0.2) is 20.7 Å². The molecule has 1 N–H and O–H groups in total. The Labute approximate surface area is 231 Å². The van der Waals surface area contributed by atoms with Gasteiger partial charge in [-0.05, 0) is 42.3 Å². The van der Waals surface area contributed by atoms with Gasteiger partial charge in [-0.25, -0.2) is 9.67 Å². The Morgan fingerprint density at radius 2 is 1.41 bits per heavy atom. The molecule has 0 radical (unpaired) electrons. The minimum atomic E-state index is -0.192. The fourth-order valence-corrected chi connectivity index (χ4v) is 4.99. The third kappa shape index (κ3) is 4.80. The molecule has 0 saturated carbocycles. The molecule has 1 amide bonds. The van der Waals surface area contributed by atoms with Crippen molar-refractivity contribution in [2.45, 2.75) is 13.5 Å². The molecule has 2 aromatic heterocycles. The smallest absolute Gasteiger partial charge is 0.254 e. The van der Waals surface area contributed by atoms with E-state index in [1.54, 1.807) is 0 Å². The second-order valence-corrected chi connectivity index (χ2v) is 9.72.